The first kappa shape index (κ1) is 16.7. The summed E-state index contributed by atoms with van der Waals surface area (Å²) in [5, 5.41) is 3.63. The molecule has 3 nitrogen and oxygen atoms in total. The smallest absolute Gasteiger partial charge is 0.251 e. The van der Waals surface area contributed by atoms with Crippen molar-refractivity contribution in [3.63, 3.8) is 0 Å². The van der Waals surface area contributed by atoms with E-state index in [2.05, 4.69) is 41.7 Å². The van der Waals surface area contributed by atoms with Gasteiger partial charge in [0.2, 0.25) is 0 Å². The molecule has 2 atom stereocenters. The standard InChI is InChI=1S/C20H22N2OS/c1-15-19(23)22(20(24)21-15)18(17-12-6-3-7-13-17)14-8-11-16-9-4-2-5-10-16/h2-7,9-10,12-13,15,18H,8,11,14H2,1H3,(H,21,24)/t15-,18-/m1/s1. The molecule has 3 rings (SSSR count). The Balaban J connectivity index is 1.76. The number of hydrogen-bond acceptors (Lipinski definition) is 2. The summed E-state index contributed by atoms with van der Waals surface area (Å²) in [6, 6.07) is 20.4. The van der Waals surface area contributed by atoms with Crippen LogP contribution in [-0.4, -0.2) is 22.0 Å². The summed E-state index contributed by atoms with van der Waals surface area (Å²) in [6.45, 7) is 1.86. The minimum Gasteiger partial charge on any atom is -0.351 e. The van der Waals surface area contributed by atoms with Crippen LogP contribution in [0, 0.1) is 0 Å². The van der Waals surface area contributed by atoms with Crippen molar-refractivity contribution in [3.05, 3.63) is 71.8 Å². The third-order valence-electron chi connectivity index (χ3n) is 4.45. The summed E-state index contributed by atoms with van der Waals surface area (Å²) in [7, 11) is 0. The molecule has 0 unspecified atom stereocenters. The second-order valence-electron chi connectivity index (χ2n) is 6.18. The Kier molecular flexibility index (Phi) is 5.26. The van der Waals surface area contributed by atoms with Crippen molar-refractivity contribution in [2.45, 2.75) is 38.3 Å². The summed E-state index contributed by atoms with van der Waals surface area (Å²) in [4.78, 5) is 14.3. The molecule has 24 heavy (non-hydrogen) atoms. The molecular formula is C20H22N2OS. The van der Waals surface area contributed by atoms with Gasteiger partial charge in [-0.2, -0.15) is 0 Å². The maximum absolute atomic E-state index is 12.5. The summed E-state index contributed by atoms with van der Waals surface area (Å²) in [5.74, 6) is 0.0635. The Morgan fingerprint density at radius 2 is 1.71 bits per heavy atom. The van der Waals surface area contributed by atoms with Crippen molar-refractivity contribution >= 4 is 23.2 Å². The summed E-state index contributed by atoms with van der Waals surface area (Å²) in [5.41, 5.74) is 2.46. The highest BCUT2D eigenvalue weighted by atomic mass is 32.1. The Morgan fingerprint density at radius 1 is 1.08 bits per heavy atom. The molecule has 1 amide bonds. The Labute approximate surface area is 148 Å². The lowest BCUT2D eigenvalue weighted by molar-refractivity contribution is -0.128. The summed E-state index contributed by atoms with van der Waals surface area (Å²) < 4.78 is 0. The van der Waals surface area contributed by atoms with E-state index in [1.54, 1.807) is 4.90 Å². The molecule has 1 aliphatic rings. The van der Waals surface area contributed by atoms with Gasteiger partial charge in [-0.1, -0.05) is 60.7 Å². The van der Waals surface area contributed by atoms with Crippen LogP contribution in [0.25, 0.3) is 0 Å². The molecule has 1 fully saturated rings. The second-order valence-corrected chi connectivity index (χ2v) is 6.57. The number of carbonyl (C=O) groups excluding carboxylic acids is 1. The van der Waals surface area contributed by atoms with Crippen molar-refractivity contribution in [3.8, 4) is 0 Å². The number of aryl methyl sites for hydroxylation is 1. The summed E-state index contributed by atoms with van der Waals surface area (Å²) in [6.07, 6.45) is 2.89. The lowest BCUT2D eigenvalue weighted by Crippen LogP contribution is -2.35. The van der Waals surface area contributed by atoms with Gasteiger partial charge >= 0.3 is 0 Å². The number of nitrogens with zero attached hydrogens (tertiary/aromatic N) is 1. The van der Waals surface area contributed by atoms with E-state index in [0.717, 1.165) is 24.8 Å². The maximum Gasteiger partial charge on any atom is 0.251 e. The van der Waals surface area contributed by atoms with Gasteiger partial charge in [0.25, 0.3) is 5.91 Å². The van der Waals surface area contributed by atoms with Crippen LogP contribution in [0.3, 0.4) is 0 Å². The van der Waals surface area contributed by atoms with E-state index in [1.807, 2.05) is 31.2 Å². The van der Waals surface area contributed by atoms with Crippen LogP contribution in [0.4, 0.5) is 0 Å². The highest BCUT2D eigenvalue weighted by Gasteiger charge is 2.37. The van der Waals surface area contributed by atoms with Crippen LogP contribution >= 0.6 is 12.2 Å². The van der Waals surface area contributed by atoms with Gasteiger partial charge in [-0.15, -0.1) is 0 Å². The van der Waals surface area contributed by atoms with Gasteiger partial charge in [-0.3, -0.25) is 9.69 Å². The highest BCUT2D eigenvalue weighted by Crippen LogP contribution is 2.29. The number of amides is 1. The zero-order valence-corrected chi connectivity index (χ0v) is 14.6. The topological polar surface area (TPSA) is 32.3 Å². The van der Waals surface area contributed by atoms with E-state index in [0.29, 0.717) is 5.11 Å². The molecule has 0 radical (unpaired) electrons. The average Bonchev–Trinajstić information content (AvgIpc) is 2.86. The minimum atomic E-state index is -0.238. The average molecular weight is 338 g/mol. The molecule has 1 aliphatic heterocycles. The SMILES string of the molecule is C[C@H]1NC(=S)N([C@H](CCCc2ccccc2)c2ccccc2)C1=O. The number of rotatable bonds is 6. The maximum atomic E-state index is 12.5. The third kappa shape index (κ3) is 3.65. The first-order valence-corrected chi connectivity index (χ1v) is 8.80. The van der Waals surface area contributed by atoms with Crippen LogP contribution in [0.1, 0.15) is 36.9 Å². The van der Waals surface area contributed by atoms with Crippen molar-refractivity contribution in [1.82, 2.24) is 10.2 Å². The zero-order chi connectivity index (χ0) is 16.9. The van der Waals surface area contributed by atoms with Crippen molar-refractivity contribution < 1.29 is 4.79 Å². The number of carbonyl (C=O) groups is 1. The quantitative estimate of drug-likeness (QED) is 0.812. The molecule has 0 saturated carbocycles. The molecule has 1 heterocycles. The first-order chi connectivity index (χ1) is 11.7. The van der Waals surface area contributed by atoms with Gasteiger partial charge in [0, 0.05) is 0 Å². The molecule has 1 saturated heterocycles. The lowest BCUT2D eigenvalue weighted by atomic mass is 9.97. The van der Waals surface area contributed by atoms with E-state index < -0.39 is 0 Å². The Hall–Kier alpha value is -2.20. The number of nitrogens with one attached hydrogen (secondary N) is 1. The fourth-order valence-electron chi connectivity index (χ4n) is 3.18. The zero-order valence-electron chi connectivity index (χ0n) is 13.8. The van der Waals surface area contributed by atoms with Gasteiger partial charge in [0.1, 0.15) is 6.04 Å². The molecule has 2 aromatic rings. The molecule has 0 spiro atoms. The lowest BCUT2D eigenvalue weighted by Gasteiger charge is -2.27. The van der Waals surface area contributed by atoms with E-state index in [-0.39, 0.29) is 18.0 Å². The number of benzene rings is 2. The largest absolute Gasteiger partial charge is 0.351 e. The minimum absolute atomic E-state index is 0.00707. The van der Waals surface area contributed by atoms with Crippen molar-refractivity contribution in [2.75, 3.05) is 0 Å². The number of hydrogen-bond donors (Lipinski definition) is 1. The van der Waals surface area contributed by atoms with Gasteiger partial charge in [-0.05, 0) is 49.5 Å². The summed E-state index contributed by atoms with van der Waals surface area (Å²) >= 11 is 5.41. The van der Waals surface area contributed by atoms with Gasteiger partial charge < -0.3 is 5.32 Å². The third-order valence-corrected chi connectivity index (χ3v) is 4.76. The molecular weight excluding hydrogens is 316 g/mol. The van der Waals surface area contributed by atoms with E-state index in [9.17, 15) is 4.79 Å². The normalized spacial score (nSPS) is 18.5. The predicted octanol–water partition coefficient (Wildman–Crippen LogP) is 3.86. The van der Waals surface area contributed by atoms with E-state index >= 15 is 0 Å². The van der Waals surface area contributed by atoms with Crippen molar-refractivity contribution in [2.24, 2.45) is 0 Å². The van der Waals surface area contributed by atoms with Crippen LogP contribution < -0.4 is 5.32 Å². The van der Waals surface area contributed by atoms with Crippen LogP contribution in [0.2, 0.25) is 0 Å². The molecule has 1 N–H and O–H groups in total. The number of thiocarbonyl (C=S) groups is 1. The first-order valence-electron chi connectivity index (χ1n) is 8.39. The van der Waals surface area contributed by atoms with E-state index in [1.165, 1.54) is 5.56 Å². The molecule has 4 heteroatoms. The Morgan fingerprint density at radius 3 is 2.29 bits per heavy atom. The highest BCUT2D eigenvalue weighted by molar-refractivity contribution is 7.80. The van der Waals surface area contributed by atoms with Crippen LogP contribution in [0.5, 0.6) is 0 Å². The fourth-order valence-corrected chi connectivity index (χ4v) is 3.58. The van der Waals surface area contributed by atoms with Gasteiger partial charge in [0.05, 0.1) is 6.04 Å². The molecule has 0 aromatic heterocycles. The monoisotopic (exact) mass is 338 g/mol. The van der Waals surface area contributed by atoms with Gasteiger partial charge in [-0.25, -0.2) is 0 Å². The second kappa shape index (κ2) is 7.58. The molecule has 0 aliphatic carbocycles. The van der Waals surface area contributed by atoms with Crippen LogP contribution in [0.15, 0.2) is 60.7 Å². The van der Waals surface area contributed by atoms with Crippen molar-refractivity contribution in [1.29, 1.82) is 0 Å². The van der Waals surface area contributed by atoms with Crippen LogP contribution in [-0.2, 0) is 11.2 Å². The molecule has 124 valence electrons. The van der Waals surface area contributed by atoms with Gasteiger partial charge in [0.15, 0.2) is 5.11 Å². The van der Waals surface area contributed by atoms with E-state index in [4.69, 9.17) is 12.2 Å². The molecule has 2 aromatic carbocycles. The molecule has 0 bridgehead atoms. The Bertz CT molecular complexity index is 702. The predicted molar refractivity (Wildman–Crippen MR) is 101 cm³/mol. The fraction of sp³-hybridized carbons (Fsp3) is 0.300.